The molecular weight excluding hydrogens is 1600 g/mol. The minimum absolute atomic E-state index is 0.464. The zero-order valence-electron chi connectivity index (χ0n) is 70.9. The molecule has 0 saturated heterocycles. The Bertz CT molecular complexity index is 8930. The van der Waals surface area contributed by atoms with Gasteiger partial charge in [-0.05, 0) is 163 Å². The van der Waals surface area contributed by atoms with E-state index in [0.29, 0.717) is 23.6 Å². The monoisotopic (exact) mass is 1670 g/mol. The predicted molar refractivity (Wildman–Crippen MR) is 486 cm³/mol. The topological polar surface area (TPSA) is 209 Å². The highest BCUT2D eigenvalue weighted by Gasteiger charge is 2.44. The molecule has 5 aromatic carbocycles. The van der Waals surface area contributed by atoms with Gasteiger partial charge in [0.05, 0.1) is 98.1 Å². The van der Waals surface area contributed by atoms with Gasteiger partial charge < -0.3 is 8.83 Å². The summed E-state index contributed by atoms with van der Waals surface area (Å²) in [6.07, 6.45) is 27.8. The highest BCUT2D eigenvalue weighted by atomic mass is 32.1. The molecule has 0 fully saturated rings. The fraction of sp³-hybridized carbons (Fsp3) is 0.0686. The van der Waals surface area contributed by atoms with Crippen LogP contribution in [0.25, 0.3) is 195 Å². The fourth-order valence-electron chi connectivity index (χ4n) is 19.7. The largest absolute Gasteiger partial charge is 0.400 e. The van der Waals surface area contributed by atoms with Crippen LogP contribution >= 0.6 is 11.3 Å². The fourth-order valence-corrected chi connectivity index (χ4v) is 20.8. The first-order valence-corrected chi connectivity index (χ1v) is 42.7. The van der Waals surface area contributed by atoms with E-state index in [1.807, 2.05) is 165 Å². The van der Waals surface area contributed by atoms with Crippen LogP contribution in [-0.4, -0.2) is 81.8 Å². The Morgan fingerprint density at radius 3 is 1.14 bits per heavy atom. The molecule has 5 aliphatic heterocycles. The number of imidazole rings is 4. The number of thiophene rings is 1. The third kappa shape index (κ3) is 10.7. The number of aryl methyl sites for hydroxylation is 2. The predicted octanol–water partition coefficient (Wildman–Crippen LogP) is 17.4. The summed E-state index contributed by atoms with van der Waals surface area (Å²) in [5.74, 6) is 5.42. The van der Waals surface area contributed by atoms with Crippen LogP contribution in [0.5, 0.6) is 0 Å². The van der Waals surface area contributed by atoms with Crippen molar-refractivity contribution < 1.29 is 35.8 Å². The smallest absolute Gasteiger partial charge is 0.383 e. The minimum Gasteiger partial charge on any atom is -0.400 e. The van der Waals surface area contributed by atoms with E-state index >= 15 is 0 Å². The van der Waals surface area contributed by atoms with E-state index in [4.69, 9.17) is 17.9 Å². The Morgan fingerprint density at radius 2 is 0.661 bits per heavy atom. The van der Waals surface area contributed by atoms with Crippen molar-refractivity contribution in [2.45, 2.75) is 32.7 Å². The molecule has 0 N–H and O–H groups in total. The quantitative estimate of drug-likeness (QED) is 0.147. The molecule has 25 heterocycles. The molecule has 5 aliphatic rings. The summed E-state index contributed by atoms with van der Waals surface area (Å²) in [4.78, 5) is 46.3. The van der Waals surface area contributed by atoms with Crippen LogP contribution in [0, 0.1) is 0 Å². The number of hydrogen-bond acceptors (Lipinski definition) is 13. The molecule has 127 heavy (non-hydrogen) atoms. The number of nitrogens with zero attached hydrogens (tertiary/aromatic N) is 22. The highest BCUT2D eigenvalue weighted by molar-refractivity contribution is 7.24. The van der Waals surface area contributed by atoms with E-state index in [2.05, 4.69) is 254 Å². The van der Waals surface area contributed by atoms with Crippen molar-refractivity contribution in [3.05, 3.63) is 363 Å². The first-order valence-electron chi connectivity index (χ1n) is 43.4. The van der Waals surface area contributed by atoms with E-state index in [0.717, 1.165) is 159 Å². The lowest BCUT2D eigenvalue weighted by Gasteiger charge is -2.04. The SMILES string of the molecule is Cn1c2ncccc2c2c1[n+]1c(n2-c2ccccc2)-c2ccncc2C1.[2H]C([2H])([2H])n1c2ncccc2c2c1[n+]1c(n2-c2ccccc2)-c2ccncc2C1.c1ccc(-n2c3[n+](c4c2c2cccnc2n4-c2ccccc2)Cc2cnccc2-3)cc1.c1ccc(-n2c3[n+](c4oc5ncccc5c42)Cc2cnccc2-3)cc1.c1cnc2sc3c(oc4[n+]3Cc3cnccc3-4)c2c1. The maximum atomic E-state index is 8.21. The second-order valence-electron chi connectivity index (χ2n) is 31.9. The molecule has 0 amide bonds. The Kier molecular flexibility index (Phi) is 15.3. The van der Waals surface area contributed by atoms with Gasteiger partial charge >= 0.3 is 16.4 Å². The van der Waals surface area contributed by atoms with E-state index in [-0.39, 0.29) is 0 Å². The molecule has 0 spiro atoms. The Morgan fingerprint density at radius 1 is 0.307 bits per heavy atom. The van der Waals surface area contributed by atoms with Gasteiger partial charge in [0.2, 0.25) is 51.2 Å². The van der Waals surface area contributed by atoms with E-state index < -0.39 is 6.98 Å². The lowest BCUT2D eigenvalue weighted by Crippen LogP contribution is -2.33. The Balaban J connectivity index is 0.0000000862. The van der Waals surface area contributed by atoms with Crippen LogP contribution in [-0.2, 0) is 46.7 Å². The number of para-hydroxylation sites is 5. The van der Waals surface area contributed by atoms with E-state index in [1.54, 1.807) is 29.9 Å². The molecule has 24 nitrogen and oxygen atoms in total. The summed E-state index contributed by atoms with van der Waals surface area (Å²) in [6, 6.07) is 82.5. The number of furan rings is 1. The van der Waals surface area contributed by atoms with E-state index in [9.17, 15) is 0 Å². The lowest BCUT2D eigenvalue weighted by molar-refractivity contribution is -0.652. The molecular formula is C102H71N22O2S+5. The van der Waals surface area contributed by atoms with Gasteiger partial charge in [-0.3, -0.25) is 24.9 Å². The van der Waals surface area contributed by atoms with E-state index in [1.165, 1.54) is 77.2 Å². The zero-order chi connectivity index (χ0) is 86.1. The molecule has 25 aromatic rings. The van der Waals surface area contributed by atoms with Crippen molar-refractivity contribution in [2.24, 2.45) is 14.0 Å². The van der Waals surface area contributed by atoms with Crippen molar-refractivity contribution >= 4 is 121 Å². The van der Waals surface area contributed by atoms with Gasteiger partial charge in [-0.25, -0.2) is 66.0 Å². The molecule has 0 unspecified atom stereocenters. The third-order valence-corrected chi connectivity index (χ3v) is 26.1. The number of fused-ring (bicyclic) bond motifs is 35. The first kappa shape index (κ1) is 68.7. The van der Waals surface area contributed by atoms with Crippen molar-refractivity contribution in [1.29, 1.82) is 0 Å². The number of rotatable bonds is 5. The molecule has 30 rings (SSSR count). The summed E-state index contributed by atoms with van der Waals surface area (Å²) < 4.78 is 63.2. The molecule has 602 valence electrons. The number of pyridine rings is 10. The summed E-state index contributed by atoms with van der Waals surface area (Å²) in [5, 5.41) is 5.26. The number of benzene rings is 5. The molecule has 0 radical (unpaired) electrons. The van der Waals surface area contributed by atoms with Crippen LogP contribution in [0.2, 0.25) is 0 Å². The normalized spacial score (nSPS) is 13.1. The molecule has 20 aromatic heterocycles. The summed E-state index contributed by atoms with van der Waals surface area (Å²) >= 11 is 1.68. The van der Waals surface area contributed by atoms with Gasteiger partial charge in [-0.2, -0.15) is 9.13 Å². The van der Waals surface area contributed by atoms with Crippen molar-refractivity contribution in [3.63, 3.8) is 0 Å². The molecule has 0 bridgehead atoms. The number of oxazole rings is 1. The van der Waals surface area contributed by atoms with Gasteiger partial charge in [-0.15, -0.1) is 4.57 Å². The maximum absolute atomic E-state index is 8.21. The average molecular weight is 1670 g/mol. The van der Waals surface area contributed by atoms with Crippen molar-refractivity contribution in [2.75, 3.05) is 0 Å². The average Bonchev–Trinajstić information content (AvgIpc) is 1.51. The highest BCUT2D eigenvalue weighted by Crippen LogP contribution is 2.45. The van der Waals surface area contributed by atoms with Crippen molar-refractivity contribution in [3.8, 4) is 85.4 Å². The summed E-state index contributed by atoms with van der Waals surface area (Å²) in [5.41, 5.74) is 29.6. The van der Waals surface area contributed by atoms with Crippen molar-refractivity contribution in [1.82, 2.24) is 81.8 Å². The summed E-state index contributed by atoms with van der Waals surface area (Å²) in [7, 11) is 2.10. The van der Waals surface area contributed by atoms with Gasteiger partial charge in [-0.1, -0.05) is 91.0 Å². The molecule has 0 atom stereocenters. The maximum Gasteiger partial charge on any atom is 0.383 e. The first-order chi connectivity index (χ1) is 64.1. The van der Waals surface area contributed by atoms with Gasteiger partial charge in [0.1, 0.15) is 39.8 Å². The van der Waals surface area contributed by atoms with Crippen LogP contribution in [0.1, 0.15) is 31.9 Å². The van der Waals surface area contributed by atoms with Crippen LogP contribution in [0.3, 0.4) is 0 Å². The molecule has 0 saturated carbocycles. The second-order valence-corrected chi connectivity index (χ2v) is 32.9. The Labute approximate surface area is 729 Å². The third-order valence-electron chi connectivity index (χ3n) is 25.0. The molecule has 0 aliphatic carbocycles. The minimum atomic E-state index is -2.36. The molecule has 25 heteroatoms. The zero-order valence-corrected chi connectivity index (χ0v) is 68.7. The summed E-state index contributed by atoms with van der Waals surface area (Å²) in [6.45, 7) is 1.43. The second kappa shape index (κ2) is 28.3. The number of aromatic nitrogens is 22. The van der Waals surface area contributed by atoms with Crippen LogP contribution in [0.15, 0.2) is 344 Å². The number of hydrogen-bond donors (Lipinski definition) is 0. The Hall–Kier alpha value is -16.9. The van der Waals surface area contributed by atoms with Crippen LogP contribution in [0.4, 0.5) is 0 Å². The van der Waals surface area contributed by atoms with Crippen LogP contribution < -0.4 is 22.8 Å². The van der Waals surface area contributed by atoms with Gasteiger partial charge in [0, 0.05) is 115 Å². The standard InChI is InChI=1S/C26H18N5.2C21H16N5.C20H13N4O.C14H8N3OS/c1-3-8-19(9-4-1)30-23-22-12-7-14-28-24(22)31(20-10-5-2-6-11-20)26(23)29-17-18-16-27-15-13-21(18)25(29)30;2*1-24-19-17(8-5-10-23-19)18-21(24)25-13-14-12-22-11-9-16(14)20(25)26(18)15-6-3-2-4-7-15;1-2-5-14(6-3-1)24-17-16-7-4-9-22-18(16)25-20(17)23-12-13-11-21-10-8-15(13)19(23)24;1-2-10-11-14(19-12(10)16-4-1)17-7-8-6-15-5-3-9(8)13(17)18-11/h1-16H,17H2;2*2-12H,13H2,1H3;1-11H,12H2;1-6H,7H2/q5*+1/i;1D3;;;. The lowest BCUT2D eigenvalue weighted by atomic mass is 10.1. The van der Waals surface area contributed by atoms with Gasteiger partial charge in [0.15, 0.2) is 23.1 Å². The van der Waals surface area contributed by atoms with Gasteiger partial charge in [0.25, 0.3) is 22.8 Å².